The highest BCUT2D eigenvalue weighted by molar-refractivity contribution is 6.15. The predicted molar refractivity (Wildman–Crippen MR) is 78.1 cm³/mol. The van der Waals surface area contributed by atoms with Gasteiger partial charge in [0.15, 0.2) is 11.5 Å². The molecule has 0 aliphatic heterocycles. The Labute approximate surface area is 143 Å². The third-order valence-electron chi connectivity index (χ3n) is 2.97. The second-order valence-electron chi connectivity index (χ2n) is 4.87. The third-order valence-corrected chi connectivity index (χ3v) is 2.97. The zero-order valence-electron chi connectivity index (χ0n) is 13.6. The van der Waals surface area contributed by atoms with E-state index in [1.807, 2.05) is 0 Å². The number of benzene rings is 1. The molecule has 0 atom stereocenters. The van der Waals surface area contributed by atoms with Crippen molar-refractivity contribution in [3.05, 3.63) is 17.2 Å². The second kappa shape index (κ2) is 7.17. The lowest BCUT2D eigenvalue weighted by Gasteiger charge is -2.27. The summed E-state index contributed by atoms with van der Waals surface area (Å²) in [6.07, 6.45) is -10.6. The summed E-state index contributed by atoms with van der Waals surface area (Å²) in [5.41, 5.74) is 4.26. The number of alkyl halides is 6. The Hall–Kier alpha value is -2.86. The summed E-state index contributed by atoms with van der Waals surface area (Å²) >= 11 is 0. The summed E-state index contributed by atoms with van der Waals surface area (Å²) in [6.45, 7) is 2.16. The number of hydrogen-bond acceptors (Lipinski definition) is 4. The number of anilines is 1. The van der Waals surface area contributed by atoms with Gasteiger partial charge in [0, 0.05) is 12.6 Å². The van der Waals surface area contributed by atoms with Crippen molar-refractivity contribution in [2.45, 2.75) is 26.6 Å². The number of guanidine groups is 1. The fraction of sp³-hybridized carbons (Fsp3) is 0.385. The van der Waals surface area contributed by atoms with E-state index in [2.05, 4.69) is 14.8 Å². The van der Waals surface area contributed by atoms with Crippen LogP contribution in [0.3, 0.4) is 0 Å². The Morgan fingerprint density at radius 3 is 2.04 bits per heavy atom. The average molecular weight is 388 g/mol. The average Bonchev–Trinajstić information content (AvgIpc) is 2.43. The van der Waals surface area contributed by atoms with Gasteiger partial charge in [-0.05, 0) is 25.5 Å². The number of carbonyl (C=O) groups excluding carboxylic acids is 1. The maximum atomic E-state index is 12.6. The number of nitrogens with two attached hydrogens (primary N) is 1. The molecular formula is C13H14F6N4O3. The molecule has 26 heavy (non-hydrogen) atoms. The third kappa shape index (κ3) is 5.07. The van der Waals surface area contributed by atoms with Crippen molar-refractivity contribution in [1.82, 2.24) is 5.32 Å². The molecular weight excluding hydrogens is 374 g/mol. The zero-order chi connectivity index (χ0) is 20.4. The molecule has 0 radical (unpaired) electrons. The van der Waals surface area contributed by atoms with Gasteiger partial charge in [-0.2, -0.15) is 0 Å². The molecule has 0 fully saturated rings. The molecule has 2 amide bonds. The largest absolute Gasteiger partial charge is 0.573 e. The van der Waals surface area contributed by atoms with Gasteiger partial charge in [0.2, 0.25) is 5.96 Å². The lowest BCUT2D eigenvalue weighted by Crippen LogP contribution is -2.46. The van der Waals surface area contributed by atoms with Crippen LogP contribution in [0, 0.1) is 19.3 Å². The van der Waals surface area contributed by atoms with E-state index in [-0.39, 0.29) is 11.3 Å². The van der Waals surface area contributed by atoms with E-state index in [9.17, 15) is 31.1 Å². The minimum Gasteiger partial charge on any atom is -0.402 e. The van der Waals surface area contributed by atoms with Gasteiger partial charge in [-0.1, -0.05) is 0 Å². The van der Waals surface area contributed by atoms with Gasteiger partial charge in [-0.3, -0.25) is 5.41 Å². The maximum absolute atomic E-state index is 12.6. The molecule has 1 aromatic carbocycles. The molecule has 7 nitrogen and oxygen atoms in total. The topological polar surface area (TPSA) is 101 Å². The van der Waals surface area contributed by atoms with Gasteiger partial charge in [0.25, 0.3) is 0 Å². The molecule has 0 bridgehead atoms. The molecule has 0 saturated carbocycles. The number of ether oxygens (including phenoxy) is 2. The Bertz CT molecular complexity index is 717. The first-order valence-electron chi connectivity index (χ1n) is 6.69. The number of nitrogens with zero attached hydrogens (tertiary/aromatic N) is 1. The van der Waals surface area contributed by atoms with Crippen molar-refractivity contribution >= 4 is 17.7 Å². The number of aryl methyl sites for hydroxylation is 1. The number of urea groups is 1. The molecule has 0 heterocycles. The number of hydrogen-bond donors (Lipinski definition) is 3. The lowest BCUT2D eigenvalue weighted by molar-refractivity contribution is -0.287. The molecule has 0 aliphatic carbocycles. The first-order chi connectivity index (χ1) is 11.7. The summed E-state index contributed by atoms with van der Waals surface area (Å²) in [5.74, 6) is -3.45. The first-order valence-corrected chi connectivity index (χ1v) is 6.69. The van der Waals surface area contributed by atoms with Gasteiger partial charge < -0.3 is 20.5 Å². The van der Waals surface area contributed by atoms with Crippen molar-refractivity contribution in [2.75, 3.05) is 11.9 Å². The van der Waals surface area contributed by atoms with Gasteiger partial charge >= 0.3 is 18.8 Å². The van der Waals surface area contributed by atoms with E-state index in [0.29, 0.717) is 11.0 Å². The molecule has 146 valence electrons. The van der Waals surface area contributed by atoms with Crippen LogP contribution in [0.2, 0.25) is 0 Å². The first kappa shape index (κ1) is 21.2. The van der Waals surface area contributed by atoms with E-state index < -0.39 is 41.8 Å². The smallest absolute Gasteiger partial charge is 0.402 e. The Morgan fingerprint density at radius 2 is 1.65 bits per heavy atom. The van der Waals surface area contributed by atoms with Crippen LogP contribution < -0.4 is 25.4 Å². The van der Waals surface area contributed by atoms with Crippen LogP contribution in [0.5, 0.6) is 11.5 Å². The quantitative estimate of drug-likeness (QED) is 0.421. The minimum atomic E-state index is -5.34. The SMILES string of the molecule is CNC(=O)N(C(=N)N)c1c(C)cc(OC(F)(F)F)c(OC(F)(F)F)c1C. The fourth-order valence-corrected chi connectivity index (χ4v) is 2.15. The molecule has 0 aliphatic rings. The van der Waals surface area contributed by atoms with Gasteiger partial charge in [-0.15, -0.1) is 26.3 Å². The van der Waals surface area contributed by atoms with E-state index in [1.165, 1.54) is 6.92 Å². The lowest BCUT2D eigenvalue weighted by atomic mass is 10.1. The summed E-state index contributed by atoms with van der Waals surface area (Å²) in [7, 11) is 1.16. The zero-order valence-corrected chi connectivity index (χ0v) is 13.6. The number of amides is 2. The molecule has 0 spiro atoms. The maximum Gasteiger partial charge on any atom is 0.573 e. The van der Waals surface area contributed by atoms with Gasteiger partial charge in [-0.25, -0.2) is 9.69 Å². The van der Waals surface area contributed by atoms with Crippen LogP contribution in [0.1, 0.15) is 11.1 Å². The number of nitrogens with one attached hydrogen (secondary N) is 2. The van der Waals surface area contributed by atoms with E-state index in [0.717, 1.165) is 14.0 Å². The van der Waals surface area contributed by atoms with Crippen molar-refractivity contribution in [1.29, 1.82) is 5.41 Å². The van der Waals surface area contributed by atoms with Crippen molar-refractivity contribution in [3.8, 4) is 11.5 Å². The number of halogens is 6. The standard InChI is InChI=1S/C13H14F6N4O3/c1-5-4-7(25-12(14,15)16)9(26-13(17,18)19)6(2)8(5)23(10(20)21)11(24)22-3/h4H,1-3H3,(H3,20,21)(H,22,24). The highest BCUT2D eigenvalue weighted by Gasteiger charge is 2.39. The summed E-state index contributed by atoms with van der Waals surface area (Å²) in [6, 6.07) is -0.401. The van der Waals surface area contributed by atoms with Crippen molar-refractivity contribution in [2.24, 2.45) is 5.73 Å². The van der Waals surface area contributed by atoms with Gasteiger partial charge in [0.1, 0.15) is 0 Å². The molecule has 0 aromatic heterocycles. The molecule has 13 heteroatoms. The summed E-state index contributed by atoms with van der Waals surface area (Å²) in [5, 5.41) is 9.54. The van der Waals surface area contributed by atoms with Crippen molar-refractivity contribution in [3.63, 3.8) is 0 Å². The molecule has 0 saturated heterocycles. The number of rotatable bonds is 3. The van der Waals surface area contributed by atoms with E-state index in [1.54, 1.807) is 0 Å². The van der Waals surface area contributed by atoms with Crippen LogP contribution in [0.25, 0.3) is 0 Å². The Kier molecular flexibility index (Phi) is 5.84. The molecule has 4 N–H and O–H groups in total. The van der Waals surface area contributed by atoms with Crippen LogP contribution in [0.4, 0.5) is 36.8 Å². The molecule has 1 aromatic rings. The normalized spacial score (nSPS) is 11.7. The predicted octanol–water partition coefficient (Wildman–Crippen LogP) is 3.14. The van der Waals surface area contributed by atoms with Gasteiger partial charge in [0.05, 0.1) is 5.69 Å². The fourth-order valence-electron chi connectivity index (χ4n) is 2.15. The molecule has 0 unspecified atom stereocenters. The van der Waals surface area contributed by atoms with Crippen LogP contribution >= 0.6 is 0 Å². The molecule has 1 rings (SSSR count). The number of carbonyl (C=O) groups is 1. The minimum absolute atomic E-state index is 0.116. The van der Waals surface area contributed by atoms with E-state index in [4.69, 9.17) is 11.1 Å². The Balaban J connectivity index is 3.72. The van der Waals surface area contributed by atoms with Crippen LogP contribution in [-0.4, -0.2) is 31.8 Å². The van der Waals surface area contributed by atoms with Crippen LogP contribution in [-0.2, 0) is 0 Å². The Morgan fingerprint density at radius 1 is 1.15 bits per heavy atom. The van der Waals surface area contributed by atoms with Crippen LogP contribution in [0.15, 0.2) is 6.07 Å². The highest BCUT2D eigenvalue weighted by atomic mass is 19.4. The van der Waals surface area contributed by atoms with Crippen molar-refractivity contribution < 1.29 is 40.6 Å². The second-order valence-corrected chi connectivity index (χ2v) is 4.87. The summed E-state index contributed by atoms with van der Waals surface area (Å²) < 4.78 is 82.6. The highest BCUT2D eigenvalue weighted by Crippen LogP contribution is 2.44. The summed E-state index contributed by atoms with van der Waals surface area (Å²) in [4.78, 5) is 12.4. The monoisotopic (exact) mass is 388 g/mol. The van der Waals surface area contributed by atoms with E-state index >= 15 is 0 Å².